The lowest BCUT2D eigenvalue weighted by atomic mass is 9.94. The van der Waals surface area contributed by atoms with Gasteiger partial charge in [0.2, 0.25) is 0 Å². The minimum absolute atomic E-state index is 0.363. The molecule has 0 fully saturated rings. The molecular weight excluding hydrogens is 322 g/mol. The van der Waals surface area contributed by atoms with Crippen LogP contribution in [0.2, 0.25) is 0 Å². The van der Waals surface area contributed by atoms with E-state index in [9.17, 15) is 0 Å². The number of nitrogens with one attached hydrogen (secondary N) is 1. The van der Waals surface area contributed by atoms with Crippen LogP contribution in [0.5, 0.6) is 0 Å². The summed E-state index contributed by atoms with van der Waals surface area (Å²) in [5.74, 6) is 0. The number of rotatable bonds is 4. The van der Waals surface area contributed by atoms with Crippen LogP contribution in [0.15, 0.2) is 40.9 Å². The Hall–Kier alpha value is -1.12. The quantitative estimate of drug-likeness (QED) is 0.844. The summed E-state index contributed by atoms with van der Waals surface area (Å²) in [6.07, 6.45) is 4.87. The van der Waals surface area contributed by atoms with Crippen molar-refractivity contribution in [1.29, 1.82) is 0 Å². The molecular formula is C19H22BrN. The maximum absolute atomic E-state index is 3.59. The molecule has 1 N–H and O–H groups in total. The van der Waals surface area contributed by atoms with E-state index in [4.69, 9.17) is 0 Å². The van der Waals surface area contributed by atoms with E-state index >= 15 is 0 Å². The monoisotopic (exact) mass is 343 g/mol. The molecule has 0 saturated carbocycles. The first-order valence-corrected chi connectivity index (χ1v) is 8.50. The van der Waals surface area contributed by atoms with Crippen LogP contribution in [0, 0.1) is 6.92 Å². The van der Waals surface area contributed by atoms with Gasteiger partial charge in [0.15, 0.2) is 0 Å². The molecule has 3 rings (SSSR count). The third-order valence-corrected chi connectivity index (χ3v) is 5.06. The molecule has 1 aliphatic rings. The van der Waals surface area contributed by atoms with Gasteiger partial charge >= 0.3 is 0 Å². The third-order valence-electron chi connectivity index (χ3n) is 4.57. The van der Waals surface area contributed by atoms with Crippen LogP contribution in [-0.4, -0.2) is 7.05 Å². The fraction of sp³-hybridized carbons (Fsp3) is 0.368. The molecule has 110 valence electrons. The molecule has 1 atom stereocenters. The second-order valence-electron chi connectivity index (χ2n) is 6.00. The van der Waals surface area contributed by atoms with Gasteiger partial charge < -0.3 is 5.32 Å². The number of aryl methyl sites for hydroxylation is 3. The number of hydrogen-bond donors (Lipinski definition) is 1. The fourth-order valence-corrected chi connectivity index (χ4v) is 3.72. The molecule has 0 radical (unpaired) electrons. The molecule has 0 heterocycles. The van der Waals surface area contributed by atoms with Crippen molar-refractivity contribution in [2.24, 2.45) is 0 Å². The normalized spacial score (nSPS) is 15.0. The van der Waals surface area contributed by atoms with Crippen molar-refractivity contribution in [2.45, 2.75) is 38.6 Å². The minimum Gasteiger partial charge on any atom is -0.313 e. The molecule has 0 amide bonds. The van der Waals surface area contributed by atoms with Crippen LogP contribution in [0.25, 0.3) is 0 Å². The maximum atomic E-state index is 3.59. The lowest BCUT2D eigenvalue weighted by molar-refractivity contribution is 0.588. The molecule has 2 heteroatoms. The number of likely N-dealkylation sites (N-methyl/N-ethyl adjacent to an activating group) is 1. The van der Waals surface area contributed by atoms with Crippen molar-refractivity contribution in [3.8, 4) is 0 Å². The van der Waals surface area contributed by atoms with Crippen LogP contribution in [0.3, 0.4) is 0 Å². The number of halogens is 1. The van der Waals surface area contributed by atoms with Gasteiger partial charge in [-0.1, -0.05) is 40.2 Å². The van der Waals surface area contributed by atoms with Gasteiger partial charge in [-0.2, -0.15) is 0 Å². The lowest BCUT2D eigenvalue weighted by Gasteiger charge is -2.20. The van der Waals surface area contributed by atoms with E-state index < -0.39 is 0 Å². The molecule has 1 aliphatic carbocycles. The van der Waals surface area contributed by atoms with E-state index in [-0.39, 0.29) is 0 Å². The third kappa shape index (κ3) is 3.22. The number of benzene rings is 2. The molecule has 0 bridgehead atoms. The van der Waals surface area contributed by atoms with Crippen LogP contribution in [-0.2, 0) is 19.3 Å². The summed E-state index contributed by atoms with van der Waals surface area (Å²) in [6.45, 7) is 2.19. The summed E-state index contributed by atoms with van der Waals surface area (Å²) in [7, 11) is 2.05. The molecule has 2 aromatic rings. The zero-order chi connectivity index (χ0) is 14.8. The standard InChI is InChI=1S/C19H22BrN/c1-13-6-9-17(20)12-18(13)19(21-2)11-14-7-8-15-4-3-5-16(15)10-14/h6-10,12,19,21H,3-5,11H2,1-2H3. The summed E-state index contributed by atoms with van der Waals surface area (Å²) in [4.78, 5) is 0. The fourth-order valence-electron chi connectivity index (χ4n) is 3.34. The van der Waals surface area contributed by atoms with Crippen molar-refractivity contribution in [3.05, 3.63) is 68.7 Å². The summed E-state index contributed by atoms with van der Waals surface area (Å²) < 4.78 is 1.15. The largest absolute Gasteiger partial charge is 0.313 e. The summed E-state index contributed by atoms with van der Waals surface area (Å²) in [6, 6.07) is 14.0. The topological polar surface area (TPSA) is 12.0 Å². The van der Waals surface area contributed by atoms with Crippen LogP contribution in [0.1, 0.15) is 40.3 Å². The van der Waals surface area contributed by atoms with Crippen molar-refractivity contribution >= 4 is 15.9 Å². The molecule has 1 unspecified atom stereocenters. The number of hydrogen-bond acceptors (Lipinski definition) is 1. The second-order valence-corrected chi connectivity index (χ2v) is 6.92. The predicted octanol–water partition coefficient (Wildman–Crippen LogP) is 4.75. The lowest BCUT2D eigenvalue weighted by Crippen LogP contribution is -2.20. The van der Waals surface area contributed by atoms with Gasteiger partial charge in [-0.25, -0.2) is 0 Å². The van der Waals surface area contributed by atoms with Crippen molar-refractivity contribution in [3.63, 3.8) is 0 Å². The zero-order valence-electron chi connectivity index (χ0n) is 12.7. The van der Waals surface area contributed by atoms with Gasteiger partial charge in [0.25, 0.3) is 0 Å². The smallest absolute Gasteiger partial charge is 0.0361 e. The van der Waals surface area contributed by atoms with E-state index in [1.807, 2.05) is 0 Å². The van der Waals surface area contributed by atoms with Crippen molar-refractivity contribution in [1.82, 2.24) is 5.32 Å². The zero-order valence-corrected chi connectivity index (χ0v) is 14.3. The highest BCUT2D eigenvalue weighted by Gasteiger charge is 2.15. The number of fused-ring (bicyclic) bond motifs is 1. The van der Waals surface area contributed by atoms with Gasteiger partial charge in [-0.05, 0) is 79.6 Å². The Labute approximate surface area is 135 Å². The highest BCUT2D eigenvalue weighted by Crippen LogP contribution is 2.28. The van der Waals surface area contributed by atoms with E-state index in [1.54, 1.807) is 11.1 Å². The molecule has 0 aromatic heterocycles. The molecule has 0 saturated heterocycles. The Morgan fingerprint density at radius 1 is 1.10 bits per heavy atom. The van der Waals surface area contributed by atoms with Crippen molar-refractivity contribution in [2.75, 3.05) is 7.05 Å². The van der Waals surface area contributed by atoms with Crippen LogP contribution >= 0.6 is 15.9 Å². The minimum atomic E-state index is 0.363. The van der Waals surface area contributed by atoms with Gasteiger partial charge in [0, 0.05) is 10.5 Å². The first kappa shape index (κ1) is 14.8. The average molecular weight is 344 g/mol. The Morgan fingerprint density at radius 2 is 1.90 bits per heavy atom. The Morgan fingerprint density at radius 3 is 2.71 bits per heavy atom. The van der Waals surface area contributed by atoms with Gasteiger partial charge in [0.05, 0.1) is 0 Å². The highest BCUT2D eigenvalue weighted by molar-refractivity contribution is 9.10. The summed E-state index contributed by atoms with van der Waals surface area (Å²) >= 11 is 3.59. The first-order chi connectivity index (χ1) is 10.2. The highest BCUT2D eigenvalue weighted by atomic mass is 79.9. The molecule has 0 aliphatic heterocycles. The van der Waals surface area contributed by atoms with E-state index in [1.165, 1.54) is 36.0 Å². The van der Waals surface area contributed by atoms with E-state index in [0.29, 0.717) is 6.04 Å². The summed E-state index contributed by atoms with van der Waals surface area (Å²) in [5, 5.41) is 3.48. The SMILES string of the molecule is CNC(Cc1ccc2c(c1)CCC2)c1cc(Br)ccc1C. The van der Waals surface area contributed by atoms with Crippen LogP contribution in [0.4, 0.5) is 0 Å². The first-order valence-electron chi connectivity index (χ1n) is 7.71. The van der Waals surface area contributed by atoms with E-state index in [0.717, 1.165) is 10.9 Å². The average Bonchev–Trinajstić information content (AvgIpc) is 2.95. The molecule has 1 nitrogen and oxygen atoms in total. The van der Waals surface area contributed by atoms with Gasteiger partial charge in [-0.15, -0.1) is 0 Å². The van der Waals surface area contributed by atoms with Gasteiger partial charge in [0.1, 0.15) is 0 Å². The predicted molar refractivity (Wildman–Crippen MR) is 92.9 cm³/mol. The molecule has 0 spiro atoms. The Bertz CT molecular complexity index is 648. The molecule has 2 aromatic carbocycles. The Kier molecular flexibility index (Phi) is 4.46. The maximum Gasteiger partial charge on any atom is 0.0361 e. The second kappa shape index (κ2) is 6.33. The van der Waals surface area contributed by atoms with Crippen LogP contribution < -0.4 is 5.32 Å². The van der Waals surface area contributed by atoms with Gasteiger partial charge in [-0.3, -0.25) is 0 Å². The van der Waals surface area contributed by atoms with Crippen molar-refractivity contribution < 1.29 is 0 Å². The molecule has 21 heavy (non-hydrogen) atoms. The Balaban J connectivity index is 1.86. The summed E-state index contributed by atoms with van der Waals surface area (Å²) in [5.41, 5.74) is 7.28. The van der Waals surface area contributed by atoms with E-state index in [2.05, 4.69) is 71.6 Å².